The van der Waals surface area contributed by atoms with E-state index in [1.807, 2.05) is 13.0 Å². The zero-order valence-corrected chi connectivity index (χ0v) is 6.85. The highest BCUT2D eigenvalue weighted by atomic mass is 16.1. The topological polar surface area (TPSA) is 17.1 Å². The fourth-order valence-electron chi connectivity index (χ4n) is 1.19. The first kappa shape index (κ1) is 7.52. The minimum atomic E-state index is 0.172. The van der Waals surface area contributed by atoms with E-state index in [2.05, 4.69) is 13.8 Å². The first-order valence-electron chi connectivity index (χ1n) is 3.74. The summed E-state index contributed by atoms with van der Waals surface area (Å²) in [6, 6.07) is 0. The molecule has 1 rings (SSSR count). The molecule has 0 radical (unpaired) electrons. The van der Waals surface area contributed by atoms with Crippen LogP contribution in [0, 0.1) is 11.3 Å². The summed E-state index contributed by atoms with van der Waals surface area (Å²) in [6.45, 7) is 6.28. The minimum Gasteiger partial charge on any atom is -0.295 e. The van der Waals surface area contributed by atoms with Gasteiger partial charge in [0.25, 0.3) is 0 Å². The predicted octanol–water partition coefficient (Wildman–Crippen LogP) is 2.18. The summed E-state index contributed by atoms with van der Waals surface area (Å²) < 4.78 is 0. The Morgan fingerprint density at radius 3 is 2.60 bits per heavy atom. The molecule has 1 atom stereocenters. The fraction of sp³-hybridized carbons (Fsp3) is 0.667. The number of hydrogen-bond acceptors (Lipinski definition) is 1. The Morgan fingerprint density at radius 2 is 2.20 bits per heavy atom. The van der Waals surface area contributed by atoms with Gasteiger partial charge < -0.3 is 0 Å². The minimum absolute atomic E-state index is 0.172. The molecule has 0 aromatic rings. The van der Waals surface area contributed by atoms with Gasteiger partial charge in [0.15, 0.2) is 5.78 Å². The average Bonchev–Trinajstić information content (AvgIpc) is 1.83. The molecule has 0 bridgehead atoms. The normalized spacial score (nSPS) is 30.7. The Bertz CT molecular complexity index is 177. The van der Waals surface area contributed by atoms with Crippen LogP contribution in [0.4, 0.5) is 0 Å². The third kappa shape index (κ3) is 1.13. The van der Waals surface area contributed by atoms with E-state index >= 15 is 0 Å². The van der Waals surface area contributed by atoms with Gasteiger partial charge in [-0.1, -0.05) is 26.8 Å². The molecular formula is C9H14O. The second kappa shape index (κ2) is 2.22. The molecule has 0 spiro atoms. The van der Waals surface area contributed by atoms with Crippen LogP contribution >= 0.6 is 0 Å². The molecule has 0 fully saturated rings. The summed E-state index contributed by atoms with van der Waals surface area (Å²) in [5.41, 5.74) is 0.172. The Labute approximate surface area is 62.1 Å². The largest absolute Gasteiger partial charge is 0.295 e. The van der Waals surface area contributed by atoms with Crippen LogP contribution in [0.2, 0.25) is 0 Å². The highest BCUT2D eigenvalue weighted by molar-refractivity contribution is 5.92. The quantitative estimate of drug-likeness (QED) is 0.501. The monoisotopic (exact) mass is 138 g/mol. The van der Waals surface area contributed by atoms with Gasteiger partial charge in [-0.3, -0.25) is 4.79 Å². The van der Waals surface area contributed by atoms with Gasteiger partial charge in [-0.15, -0.1) is 0 Å². The lowest BCUT2D eigenvalue weighted by Gasteiger charge is -2.31. The van der Waals surface area contributed by atoms with E-state index in [0.717, 1.165) is 6.42 Å². The number of allylic oxidation sites excluding steroid dienone is 2. The van der Waals surface area contributed by atoms with E-state index in [1.165, 1.54) is 0 Å². The third-order valence-corrected chi connectivity index (χ3v) is 2.53. The summed E-state index contributed by atoms with van der Waals surface area (Å²) in [4.78, 5) is 11.1. The van der Waals surface area contributed by atoms with Crippen LogP contribution in [-0.4, -0.2) is 5.78 Å². The van der Waals surface area contributed by atoms with Crippen molar-refractivity contribution in [1.82, 2.24) is 0 Å². The lowest BCUT2D eigenvalue weighted by molar-refractivity contribution is -0.121. The lowest BCUT2D eigenvalue weighted by atomic mass is 9.72. The molecule has 56 valence electrons. The van der Waals surface area contributed by atoms with Gasteiger partial charge in [0.2, 0.25) is 0 Å². The smallest absolute Gasteiger partial charge is 0.158 e. The van der Waals surface area contributed by atoms with Gasteiger partial charge in [0.05, 0.1) is 0 Å². The Hall–Kier alpha value is -0.590. The number of hydrogen-bond donors (Lipinski definition) is 0. The molecule has 0 saturated carbocycles. The zero-order valence-electron chi connectivity index (χ0n) is 6.85. The maximum absolute atomic E-state index is 11.1. The SMILES string of the molecule is CC1C(=O)C=CCC1(C)C. The molecule has 0 heterocycles. The van der Waals surface area contributed by atoms with Crippen molar-refractivity contribution >= 4 is 5.78 Å². The van der Waals surface area contributed by atoms with Gasteiger partial charge in [0.1, 0.15) is 0 Å². The van der Waals surface area contributed by atoms with Crippen LogP contribution in [-0.2, 0) is 4.79 Å². The molecule has 10 heavy (non-hydrogen) atoms. The van der Waals surface area contributed by atoms with E-state index in [-0.39, 0.29) is 17.1 Å². The highest BCUT2D eigenvalue weighted by Crippen LogP contribution is 2.34. The molecule has 1 unspecified atom stereocenters. The standard InChI is InChI=1S/C9H14O/c1-7-8(10)5-4-6-9(7,2)3/h4-5,7H,6H2,1-3H3. The van der Waals surface area contributed by atoms with Crippen molar-refractivity contribution in [2.24, 2.45) is 11.3 Å². The van der Waals surface area contributed by atoms with Crippen LogP contribution in [0.5, 0.6) is 0 Å². The van der Waals surface area contributed by atoms with E-state index in [1.54, 1.807) is 6.08 Å². The average molecular weight is 138 g/mol. The van der Waals surface area contributed by atoms with E-state index in [9.17, 15) is 4.79 Å². The second-order valence-electron chi connectivity index (χ2n) is 3.72. The fourth-order valence-corrected chi connectivity index (χ4v) is 1.19. The van der Waals surface area contributed by atoms with Gasteiger partial charge in [-0.2, -0.15) is 0 Å². The molecule has 1 nitrogen and oxygen atoms in total. The van der Waals surface area contributed by atoms with E-state index < -0.39 is 0 Å². The van der Waals surface area contributed by atoms with Crippen LogP contribution in [0.15, 0.2) is 12.2 Å². The molecule has 1 heteroatoms. The maximum Gasteiger partial charge on any atom is 0.158 e. The van der Waals surface area contributed by atoms with E-state index in [0.29, 0.717) is 0 Å². The van der Waals surface area contributed by atoms with Crippen molar-refractivity contribution < 1.29 is 4.79 Å². The van der Waals surface area contributed by atoms with Gasteiger partial charge in [-0.25, -0.2) is 0 Å². The third-order valence-electron chi connectivity index (χ3n) is 2.53. The number of carbonyl (C=O) groups excluding carboxylic acids is 1. The Morgan fingerprint density at radius 1 is 1.60 bits per heavy atom. The highest BCUT2D eigenvalue weighted by Gasteiger charge is 2.31. The van der Waals surface area contributed by atoms with Gasteiger partial charge in [0, 0.05) is 5.92 Å². The molecular weight excluding hydrogens is 124 g/mol. The Kier molecular flexibility index (Phi) is 1.67. The van der Waals surface area contributed by atoms with Gasteiger partial charge >= 0.3 is 0 Å². The van der Waals surface area contributed by atoms with Crippen LogP contribution in [0.1, 0.15) is 27.2 Å². The molecule has 0 aromatic heterocycles. The van der Waals surface area contributed by atoms with Crippen molar-refractivity contribution in [2.45, 2.75) is 27.2 Å². The summed E-state index contributed by atoms with van der Waals surface area (Å²) in [7, 11) is 0. The van der Waals surface area contributed by atoms with Crippen molar-refractivity contribution in [3.8, 4) is 0 Å². The van der Waals surface area contributed by atoms with Crippen molar-refractivity contribution in [1.29, 1.82) is 0 Å². The lowest BCUT2D eigenvalue weighted by Crippen LogP contribution is -2.29. The van der Waals surface area contributed by atoms with Crippen molar-refractivity contribution in [3.05, 3.63) is 12.2 Å². The van der Waals surface area contributed by atoms with Crippen LogP contribution in [0.25, 0.3) is 0 Å². The second-order valence-corrected chi connectivity index (χ2v) is 3.72. The number of ketones is 1. The molecule has 0 N–H and O–H groups in total. The molecule has 0 saturated heterocycles. The predicted molar refractivity (Wildman–Crippen MR) is 41.7 cm³/mol. The number of rotatable bonds is 0. The van der Waals surface area contributed by atoms with Crippen LogP contribution < -0.4 is 0 Å². The van der Waals surface area contributed by atoms with Gasteiger partial charge in [-0.05, 0) is 17.9 Å². The molecule has 1 aliphatic carbocycles. The maximum atomic E-state index is 11.1. The first-order valence-corrected chi connectivity index (χ1v) is 3.74. The Balaban J connectivity index is 2.85. The van der Waals surface area contributed by atoms with Crippen LogP contribution in [0.3, 0.4) is 0 Å². The van der Waals surface area contributed by atoms with Crippen molar-refractivity contribution in [2.75, 3.05) is 0 Å². The first-order chi connectivity index (χ1) is 4.54. The molecule has 0 aliphatic heterocycles. The summed E-state index contributed by atoms with van der Waals surface area (Å²) in [5.74, 6) is 0.466. The zero-order chi connectivity index (χ0) is 7.78. The molecule has 0 aromatic carbocycles. The number of carbonyl (C=O) groups is 1. The summed E-state index contributed by atoms with van der Waals surface area (Å²) in [5, 5.41) is 0. The summed E-state index contributed by atoms with van der Waals surface area (Å²) >= 11 is 0. The summed E-state index contributed by atoms with van der Waals surface area (Å²) in [6.07, 6.45) is 4.71. The van der Waals surface area contributed by atoms with E-state index in [4.69, 9.17) is 0 Å². The molecule has 1 aliphatic rings. The van der Waals surface area contributed by atoms with Crippen molar-refractivity contribution in [3.63, 3.8) is 0 Å². The molecule has 0 amide bonds.